The molecule has 2 amide bonds. The molecule has 0 spiro atoms. The van der Waals surface area contributed by atoms with Crippen LogP contribution in [-0.2, 0) is 24.0 Å². The predicted octanol–water partition coefficient (Wildman–Crippen LogP) is 8.68. The fourth-order valence-electron chi connectivity index (χ4n) is 6.33. The minimum atomic E-state index is -5.08. The molecule has 1 fully saturated rings. The van der Waals surface area contributed by atoms with Gasteiger partial charge < -0.3 is 20.3 Å². The van der Waals surface area contributed by atoms with Crippen molar-refractivity contribution >= 4 is 41.1 Å². The molecule has 1 aliphatic rings. The number of thiazole rings is 1. The van der Waals surface area contributed by atoms with Gasteiger partial charge in [0.05, 0.1) is 18.7 Å². The van der Waals surface area contributed by atoms with E-state index in [1.165, 1.54) is 10.4 Å². The Balaban J connectivity index is 0.00000203. The molecule has 0 bridgehead atoms. The maximum Gasteiger partial charge on any atom is 0.490 e. The molecule has 13 nitrogen and oxygen atoms in total. The van der Waals surface area contributed by atoms with E-state index in [0.717, 1.165) is 94.9 Å². The van der Waals surface area contributed by atoms with Gasteiger partial charge in [0.15, 0.2) is 17.6 Å². The second-order valence-electron chi connectivity index (χ2n) is 14.8. The van der Waals surface area contributed by atoms with Gasteiger partial charge in [-0.05, 0) is 51.1 Å². The number of alkyl halides is 3. The van der Waals surface area contributed by atoms with Crippen LogP contribution in [0.25, 0.3) is 0 Å². The number of nitrogens with zero attached hydrogens (tertiary/aromatic N) is 3. The molecule has 0 unspecified atom stereocenters. The molecule has 322 valence electrons. The largest absolute Gasteiger partial charge is 0.490 e. The number of carboxylic acid groups (broad SMARTS) is 2. The van der Waals surface area contributed by atoms with E-state index in [1.807, 2.05) is 34.7 Å². The maximum atomic E-state index is 14.7. The number of hydrogen-bond acceptors (Lipinski definition) is 10. The minimum absolute atomic E-state index is 0.0630. The fourth-order valence-corrected chi connectivity index (χ4v) is 7.17. The van der Waals surface area contributed by atoms with Gasteiger partial charge in [0, 0.05) is 30.7 Å². The third kappa shape index (κ3) is 18.3. The molecule has 0 saturated carbocycles. The van der Waals surface area contributed by atoms with Gasteiger partial charge >= 0.3 is 24.2 Å². The first-order chi connectivity index (χ1) is 26.4. The number of aromatic carboxylic acids is 1. The van der Waals surface area contributed by atoms with Gasteiger partial charge in [-0.25, -0.2) is 24.4 Å². The summed E-state index contributed by atoms with van der Waals surface area (Å²) in [6.45, 7) is 14.0. The zero-order chi connectivity index (χ0) is 42.4. The first-order valence-corrected chi connectivity index (χ1v) is 20.9. The maximum absolute atomic E-state index is 14.7. The SMILES string of the molecule is CCCCCCNC(=O)O[C@H](C[C@H](C(C)C)N(OCCCCCC)C(=O)[C@@H](CC(=O)[C@H]1CCCCN1C)[C@@H](C)CC)c1nc(C(=O)O)cs1.O=C(O)C(F)(F)F. The zero-order valence-corrected chi connectivity index (χ0v) is 35.0. The monoisotopic (exact) mass is 822 g/mol. The van der Waals surface area contributed by atoms with Crippen LogP contribution in [0.4, 0.5) is 18.0 Å². The number of piperidine rings is 1. The number of unbranched alkanes of at least 4 members (excludes halogenated alkanes) is 6. The van der Waals surface area contributed by atoms with E-state index < -0.39 is 42.3 Å². The molecule has 0 aliphatic carbocycles. The number of rotatable bonds is 24. The first kappa shape index (κ1) is 50.7. The lowest BCUT2D eigenvalue weighted by Crippen LogP contribution is -2.50. The van der Waals surface area contributed by atoms with Gasteiger partial charge in [0.2, 0.25) is 5.91 Å². The molecule has 1 aromatic heterocycles. The number of carbonyl (C=O) groups excluding carboxylic acids is 3. The number of Topliss-reactive ketones (excluding diaryl/α,β-unsaturated/α-hetero) is 1. The van der Waals surface area contributed by atoms with Gasteiger partial charge in [0.25, 0.3) is 0 Å². The summed E-state index contributed by atoms with van der Waals surface area (Å²) in [5.74, 6) is -4.84. The molecule has 0 radical (unpaired) electrons. The quantitative estimate of drug-likeness (QED) is 0.0672. The van der Waals surface area contributed by atoms with Crippen molar-refractivity contribution in [2.45, 2.75) is 156 Å². The van der Waals surface area contributed by atoms with Crippen molar-refractivity contribution in [3.8, 4) is 0 Å². The van der Waals surface area contributed by atoms with Crippen molar-refractivity contribution in [1.29, 1.82) is 0 Å². The second-order valence-corrected chi connectivity index (χ2v) is 15.7. The van der Waals surface area contributed by atoms with E-state index in [-0.39, 0.29) is 48.1 Å². The minimum Gasteiger partial charge on any atom is -0.476 e. The topological polar surface area (TPSA) is 176 Å². The third-order valence-electron chi connectivity index (χ3n) is 9.99. The number of likely N-dealkylation sites (tertiary alicyclic amines) is 1. The highest BCUT2D eigenvalue weighted by Gasteiger charge is 2.40. The van der Waals surface area contributed by atoms with Crippen molar-refractivity contribution in [1.82, 2.24) is 20.3 Å². The van der Waals surface area contributed by atoms with E-state index in [1.54, 1.807) is 0 Å². The average Bonchev–Trinajstić information content (AvgIpc) is 3.64. The van der Waals surface area contributed by atoms with Gasteiger partial charge in [0.1, 0.15) is 5.01 Å². The molecule has 1 saturated heterocycles. The number of nitrogens with one attached hydrogen (secondary N) is 1. The molecule has 5 atom stereocenters. The summed E-state index contributed by atoms with van der Waals surface area (Å²) >= 11 is 1.11. The van der Waals surface area contributed by atoms with Gasteiger partial charge in [-0.3, -0.25) is 19.3 Å². The van der Waals surface area contributed by atoms with Crippen LogP contribution in [0.1, 0.15) is 153 Å². The number of carbonyl (C=O) groups is 5. The lowest BCUT2D eigenvalue weighted by molar-refractivity contribution is -0.215. The molecule has 56 heavy (non-hydrogen) atoms. The number of halogens is 3. The number of hydrogen-bond donors (Lipinski definition) is 3. The van der Waals surface area contributed by atoms with Crippen molar-refractivity contribution in [3.63, 3.8) is 0 Å². The number of ketones is 1. The van der Waals surface area contributed by atoms with Gasteiger partial charge in [-0.1, -0.05) is 92.9 Å². The number of ether oxygens (including phenoxy) is 1. The summed E-state index contributed by atoms with van der Waals surface area (Å²) in [5, 5.41) is 22.8. The van der Waals surface area contributed by atoms with Crippen molar-refractivity contribution < 1.29 is 56.9 Å². The Labute approximate surface area is 334 Å². The highest BCUT2D eigenvalue weighted by molar-refractivity contribution is 7.09. The van der Waals surface area contributed by atoms with Crippen LogP contribution in [0.15, 0.2) is 5.38 Å². The van der Waals surface area contributed by atoms with Crippen LogP contribution < -0.4 is 5.32 Å². The van der Waals surface area contributed by atoms with Crippen LogP contribution in [0.2, 0.25) is 0 Å². The molecule has 3 N–H and O–H groups in total. The number of aliphatic carboxylic acids is 1. The van der Waals surface area contributed by atoms with Crippen LogP contribution in [0, 0.1) is 17.8 Å². The molecule has 0 aromatic carbocycles. The number of carboxylic acids is 2. The molecule has 1 aromatic rings. The number of aromatic nitrogens is 1. The van der Waals surface area contributed by atoms with E-state index >= 15 is 0 Å². The standard InChI is InChI=1S/C37H64N4O7S.C2HF3O2/c1-8-11-13-16-20-38-37(46)48-33(34-39-29(25-49-34)36(44)45)24-31(26(4)5)41(47-22-18-14-12-9-2)35(43)28(27(6)10-3)23-32(42)30-19-15-17-21-40(30)7;3-2(4,5)1(6)7/h25-28,30-31,33H,8-24H2,1-7H3,(H,38,46)(H,44,45);(H,6,7)/t27-,28-,30+,31+,33+;/m0./s1. The number of amides is 2. The molecular weight excluding hydrogens is 758 g/mol. The number of likely N-dealkylation sites (N-methyl/N-ethyl adjacent to an activating group) is 1. The molecule has 2 rings (SSSR count). The fraction of sp³-hybridized carbons (Fsp3) is 0.795. The molecule has 1 aliphatic heterocycles. The second kappa shape index (κ2) is 26.6. The normalized spacial score (nSPS) is 16.9. The van der Waals surface area contributed by atoms with E-state index in [2.05, 4.69) is 29.0 Å². The molecular formula is C39H65F3N4O9S. The van der Waals surface area contributed by atoms with Crippen LogP contribution in [-0.4, -0.2) is 99.9 Å². The Hall–Kier alpha value is -3.31. The summed E-state index contributed by atoms with van der Waals surface area (Å²) in [6.07, 6.45) is 5.11. The Bertz CT molecular complexity index is 1350. The highest BCUT2D eigenvalue weighted by atomic mass is 32.1. The van der Waals surface area contributed by atoms with Gasteiger partial charge in [-0.2, -0.15) is 13.2 Å². The molecule has 17 heteroatoms. The summed E-state index contributed by atoms with van der Waals surface area (Å²) in [5.41, 5.74) is -0.127. The third-order valence-corrected chi connectivity index (χ3v) is 10.9. The van der Waals surface area contributed by atoms with Crippen molar-refractivity contribution in [2.75, 3.05) is 26.7 Å². The Kier molecular flexibility index (Phi) is 24.1. The van der Waals surface area contributed by atoms with E-state index in [4.69, 9.17) is 19.5 Å². The van der Waals surface area contributed by atoms with E-state index in [9.17, 15) is 37.5 Å². The van der Waals surface area contributed by atoms with Crippen LogP contribution >= 0.6 is 11.3 Å². The summed E-state index contributed by atoms with van der Waals surface area (Å²) < 4.78 is 37.7. The Morgan fingerprint density at radius 2 is 1.62 bits per heavy atom. The Morgan fingerprint density at radius 1 is 1.00 bits per heavy atom. The summed E-state index contributed by atoms with van der Waals surface area (Å²) in [4.78, 5) is 74.8. The van der Waals surface area contributed by atoms with Crippen LogP contribution in [0.3, 0.4) is 0 Å². The van der Waals surface area contributed by atoms with Gasteiger partial charge in [-0.15, -0.1) is 11.3 Å². The number of alkyl carbamates (subject to hydrolysis) is 1. The lowest BCUT2D eigenvalue weighted by atomic mass is 9.83. The average molecular weight is 823 g/mol. The Morgan fingerprint density at radius 3 is 2.14 bits per heavy atom. The lowest BCUT2D eigenvalue weighted by Gasteiger charge is -2.38. The highest BCUT2D eigenvalue weighted by Crippen LogP contribution is 2.34. The first-order valence-electron chi connectivity index (χ1n) is 20.0. The summed E-state index contributed by atoms with van der Waals surface area (Å²) in [7, 11) is 1.98. The van der Waals surface area contributed by atoms with Crippen LogP contribution in [0.5, 0.6) is 0 Å². The smallest absolute Gasteiger partial charge is 0.476 e. The predicted molar refractivity (Wildman–Crippen MR) is 207 cm³/mol. The van der Waals surface area contributed by atoms with Crippen molar-refractivity contribution in [3.05, 3.63) is 16.1 Å². The number of hydroxylamine groups is 2. The van der Waals surface area contributed by atoms with Crippen molar-refractivity contribution in [2.24, 2.45) is 17.8 Å². The molecule has 2 heterocycles. The summed E-state index contributed by atoms with van der Waals surface area (Å²) in [6, 6.07) is -0.735. The van der Waals surface area contributed by atoms with E-state index in [0.29, 0.717) is 18.2 Å². The zero-order valence-electron chi connectivity index (χ0n) is 34.2.